The van der Waals surface area contributed by atoms with E-state index in [1.54, 1.807) is 11.6 Å². The molecule has 9 heteroatoms. The first kappa shape index (κ1) is 20.5. The van der Waals surface area contributed by atoms with Gasteiger partial charge in [0, 0.05) is 5.69 Å². The van der Waals surface area contributed by atoms with E-state index in [4.69, 9.17) is 0 Å². The van der Waals surface area contributed by atoms with Crippen molar-refractivity contribution in [1.29, 1.82) is 0 Å². The highest BCUT2D eigenvalue weighted by Gasteiger charge is 2.20. The molecule has 0 saturated heterocycles. The summed E-state index contributed by atoms with van der Waals surface area (Å²) in [6.45, 7) is 5.49. The van der Waals surface area contributed by atoms with E-state index in [1.807, 2.05) is 62.4 Å². The molecular formula is C20H22N6O2S. The van der Waals surface area contributed by atoms with E-state index in [0.717, 1.165) is 22.5 Å². The summed E-state index contributed by atoms with van der Waals surface area (Å²) in [5.74, 6) is -0.545. The Balaban J connectivity index is 1.55. The minimum atomic E-state index is -0.476. The van der Waals surface area contributed by atoms with Crippen LogP contribution in [0.2, 0.25) is 0 Å². The first-order chi connectivity index (χ1) is 14.0. The summed E-state index contributed by atoms with van der Waals surface area (Å²) in [6, 6.07) is 15.2. The highest BCUT2D eigenvalue weighted by atomic mass is 32.2. The largest absolute Gasteiger partial charge is 0.346 e. The number of nitrogens with one attached hydrogen (secondary N) is 2. The molecule has 1 aromatic heterocycles. The van der Waals surface area contributed by atoms with E-state index >= 15 is 0 Å². The number of nitrogens with zero attached hydrogens (tertiary/aromatic N) is 4. The Kier molecular flexibility index (Phi) is 6.61. The maximum Gasteiger partial charge on any atom is 0.243 e. The van der Waals surface area contributed by atoms with Crippen LogP contribution in [0.5, 0.6) is 0 Å². The van der Waals surface area contributed by atoms with Crippen LogP contribution in [0.1, 0.15) is 18.1 Å². The highest BCUT2D eigenvalue weighted by Crippen LogP contribution is 2.23. The summed E-state index contributed by atoms with van der Waals surface area (Å²) >= 11 is 1.22. The van der Waals surface area contributed by atoms with Crippen molar-refractivity contribution >= 4 is 29.3 Å². The second-order valence-electron chi connectivity index (χ2n) is 6.50. The summed E-state index contributed by atoms with van der Waals surface area (Å²) in [5.41, 5.74) is 3.53. The minimum Gasteiger partial charge on any atom is -0.346 e. The third-order valence-corrected chi connectivity index (χ3v) is 5.29. The van der Waals surface area contributed by atoms with Gasteiger partial charge in [0.05, 0.1) is 17.5 Å². The van der Waals surface area contributed by atoms with Crippen molar-refractivity contribution in [3.63, 3.8) is 0 Å². The van der Waals surface area contributed by atoms with Crippen molar-refractivity contribution < 1.29 is 9.59 Å². The lowest BCUT2D eigenvalue weighted by atomic mass is 10.1. The topological polar surface area (TPSA) is 102 Å². The van der Waals surface area contributed by atoms with Crippen LogP contribution in [0.25, 0.3) is 5.69 Å². The lowest BCUT2D eigenvalue weighted by molar-refractivity contribution is -0.123. The molecule has 0 aliphatic carbocycles. The van der Waals surface area contributed by atoms with Gasteiger partial charge in [0.1, 0.15) is 0 Å². The fraction of sp³-hybridized carbons (Fsp3) is 0.250. The summed E-state index contributed by atoms with van der Waals surface area (Å²) in [7, 11) is 0. The van der Waals surface area contributed by atoms with Crippen LogP contribution in [-0.2, 0) is 9.59 Å². The standard InChI is InChI=1S/C20H22N6O2S/c1-13-8-7-9-14(2)18(13)22-17(27)12-21-19(28)15(3)29-20-23-24-25-26(20)16-10-5-4-6-11-16/h4-11,15H,12H2,1-3H3,(H,21,28)(H,22,27). The van der Waals surface area contributed by atoms with Gasteiger partial charge in [-0.05, 0) is 54.5 Å². The van der Waals surface area contributed by atoms with Gasteiger partial charge in [0.15, 0.2) is 0 Å². The monoisotopic (exact) mass is 410 g/mol. The number of amides is 2. The molecule has 8 nitrogen and oxygen atoms in total. The number of hydrogen-bond donors (Lipinski definition) is 2. The Morgan fingerprint density at radius 2 is 1.76 bits per heavy atom. The number of anilines is 1. The van der Waals surface area contributed by atoms with Crippen LogP contribution in [-0.4, -0.2) is 43.8 Å². The lowest BCUT2D eigenvalue weighted by Gasteiger charge is -2.13. The van der Waals surface area contributed by atoms with Gasteiger partial charge in [-0.2, -0.15) is 4.68 Å². The van der Waals surface area contributed by atoms with E-state index in [-0.39, 0.29) is 18.4 Å². The smallest absolute Gasteiger partial charge is 0.243 e. The first-order valence-electron chi connectivity index (χ1n) is 9.10. The molecule has 3 rings (SSSR count). The number of aryl methyl sites for hydroxylation is 2. The Bertz CT molecular complexity index is 985. The number of aromatic nitrogens is 4. The minimum absolute atomic E-state index is 0.110. The summed E-state index contributed by atoms with van der Waals surface area (Å²) in [6.07, 6.45) is 0. The van der Waals surface area contributed by atoms with Gasteiger partial charge in [-0.15, -0.1) is 5.10 Å². The third-order valence-electron chi connectivity index (χ3n) is 4.26. The predicted molar refractivity (Wildman–Crippen MR) is 112 cm³/mol. The fourth-order valence-corrected chi connectivity index (χ4v) is 3.53. The molecule has 0 aliphatic rings. The van der Waals surface area contributed by atoms with Crippen molar-refractivity contribution in [2.45, 2.75) is 31.2 Å². The number of hydrogen-bond acceptors (Lipinski definition) is 6. The lowest BCUT2D eigenvalue weighted by Crippen LogP contribution is -2.37. The average molecular weight is 411 g/mol. The SMILES string of the molecule is Cc1cccc(C)c1NC(=O)CNC(=O)C(C)Sc1nnnn1-c1ccccc1. The van der Waals surface area contributed by atoms with E-state index in [2.05, 4.69) is 26.2 Å². The molecule has 0 spiro atoms. The molecule has 2 aromatic carbocycles. The number of carbonyl (C=O) groups is 2. The number of tetrazole rings is 1. The summed E-state index contributed by atoms with van der Waals surface area (Å²) < 4.78 is 1.57. The van der Waals surface area contributed by atoms with Gasteiger partial charge >= 0.3 is 0 Å². The summed E-state index contributed by atoms with van der Waals surface area (Å²) in [5, 5.41) is 17.2. The van der Waals surface area contributed by atoms with Crippen LogP contribution < -0.4 is 10.6 Å². The van der Waals surface area contributed by atoms with Gasteiger partial charge in [0.25, 0.3) is 0 Å². The maximum absolute atomic E-state index is 12.4. The Hall–Kier alpha value is -3.20. The van der Waals surface area contributed by atoms with E-state index < -0.39 is 5.25 Å². The molecule has 1 atom stereocenters. The van der Waals surface area contributed by atoms with E-state index in [1.165, 1.54) is 11.8 Å². The van der Waals surface area contributed by atoms with Crippen molar-refractivity contribution in [1.82, 2.24) is 25.5 Å². The normalized spacial score (nSPS) is 11.7. The number of benzene rings is 2. The van der Waals surface area contributed by atoms with Gasteiger partial charge in [-0.1, -0.05) is 48.2 Å². The molecule has 29 heavy (non-hydrogen) atoms. The highest BCUT2D eigenvalue weighted by molar-refractivity contribution is 8.00. The Morgan fingerprint density at radius 3 is 2.45 bits per heavy atom. The van der Waals surface area contributed by atoms with Crippen LogP contribution in [0.4, 0.5) is 5.69 Å². The molecule has 1 unspecified atom stereocenters. The van der Waals surface area contributed by atoms with Crippen molar-refractivity contribution in [2.24, 2.45) is 0 Å². The van der Waals surface area contributed by atoms with E-state index in [0.29, 0.717) is 5.16 Å². The predicted octanol–water partition coefficient (Wildman–Crippen LogP) is 2.51. The molecule has 0 fully saturated rings. The van der Waals surface area contributed by atoms with Crippen molar-refractivity contribution in [2.75, 3.05) is 11.9 Å². The Labute approximate surface area is 173 Å². The molecule has 2 amide bonds. The fourth-order valence-electron chi connectivity index (χ4n) is 2.70. The zero-order chi connectivity index (χ0) is 20.8. The van der Waals surface area contributed by atoms with Crippen LogP contribution in [0.3, 0.4) is 0 Å². The number of para-hydroxylation sites is 2. The molecule has 0 radical (unpaired) electrons. The molecule has 0 aliphatic heterocycles. The quantitative estimate of drug-likeness (QED) is 0.581. The molecule has 1 heterocycles. The molecule has 3 aromatic rings. The van der Waals surface area contributed by atoms with Crippen LogP contribution in [0, 0.1) is 13.8 Å². The van der Waals surface area contributed by atoms with Gasteiger partial charge in [-0.3, -0.25) is 9.59 Å². The first-order valence-corrected chi connectivity index (χ1v) is 9.98. The van der Waals surface area contributed by atoms with Crippen LogP contribution >= 0.6 is 11.8 Å². The Morgan fingerprint density at radius 1 is 1.07 bits per heavy atom. The molecule has 0 saturated carbocycles. The summed E-state index contributed by atoms with van der Waals surface area (Å²) in [4.78, 5) is 24.6. The van der Waals surface area contributed by atoms with Gasteiger partial charge in [-0.25, -0.2) is 0 Å². The second-order valence-corrected chi connectivity index (χ2v) is 7.81. The maximum atomic E-state index is 12.4. The number of thioether (sulfide) groups is 1. The average Bonchev–Trinajstić information content (AvgIpc) is 3.17. The molecule has 150 valence electrons. The number of carbonyl (C=O) groups excluding carboxylic acids is 2. The van der Waals surface area contributed by atoms with Crippen molar-refractivity contribution in [3.05, 3.63) is 59.7 Å². The molecular weight excluding hydrogens is 388 g/mol. The molecule has 0 bridgehead atoms. The van der Waals surface area contributed by atoms with Crippen LogP contribution in [0.15, 0.2) is 53.7 Å². The second kappa shape index (κ2) is 9.33. The van der Waals surface area contributed by atoms with Gasteiger partial charge < -0.3 is 10.6 Å². The van der Waals surface area contributed by atoms with Crippen molar-refractivity contribution in [3.8, 4) is 5.69 Å². The molecule has 2 N–H and O–H groups in total. The third kappa shape index (κ3) is 5.20. The number of rotatable bonds is 7. The van der Waals surface area contributed by atoms with Gasteiger partial charge in [0.2, 0.25) is 17.0 Å². The zero-order valence-corrected chi connectivity index (χ0v) is 17.2. The zero-order valence-electron chi connectivity index (χ0n) is 16.4. The van der Waals surface area contributed by atoms with E-state index in [9.17, 15) is 9.59 Å².